The lowest BCUT2D eigenvalue weighted by atomic mass is 11.8. The molecule has 0 aromatic rings. The van der Waals surface area contributed by atoms with Gasteiger partial charge in [0.15, 0.2) is 0 Å². The first-order valence-electron chi connectivity index (χ1n) is 2.24. The van der Waals surface area contributed by atoms with Gasteiger partial charge >= 0.3 is 9.28 Å². The van der Waals surface area contributed by atoms with Crippen LogP contribution in [0.5, 0.6) is 0 Å². The molecular formula is C4H13FO2Si. The third kappa shape index (κ3) is 9.42. The topological polar surface area (TPSA) is 18.5 Å². The van der Waals surface area contributed by atoms with Crippen LogP contribution in [0.1, 0.15) is 0 Å². The Balaban J connectivity index is 0. The third-order valence-electron chi connectivity index (χ3n) is 0.664. The van der Waals surface area contributed by atoms with Gasteiger partial charge in [-0.1, -0.05) is 0 Å². The molecule has 0 N–H and O–H groups in total. The van der Waals surface area contributed by atoms with Crippen LogP contribution in [0.25, 0.3) is 0 Å². The van der Waals surface area contributed by atoms with Crippen molar-refractivity contribution in [1.29, 1.82) is 0 Å². The Morgan fingerprint density at radius 1 is 1.12 bits per heavy atom. The van der Waals surface area contributed by atoms with Crippen LogP contribution in [0.4, 0.5) is 4.39 Å². The van der Waals surface area contributed by atoms with Gasteiger partial charge in [0.05, 0.1) is 7.18 Å². The average Bonchev–Trinajstić information content (AvgIpc) is 1.91. The lowest BCUT2D eigenvalue weighted by Gasteiger charge is -2.00. The van der Waals surface area contributed by atoms with Gasteiger partial charge in [0.2, 0.25) is 0 Å². The zero-order chi connectivity index (χ0) is 6.99. The van der Waals surface area contributed by atoms with E-state index in [4.69, 9.17) is 8.85 Å². The van der Waals surface area contributed by atoms with Crippen LogP contribution in [0.2, 0.25) is 6.55 Å². The molecule has 0 aliphatic heterocycles. The number of hydrogen-bond acceptors (Lipinski definition) is 2. The quantitative estimate of drug-likeness (QED) is 0.526. The van der Waals surface area contributed by atoms with Gasteiger partial charge in [0.1, 0.15) is 0 Å². The standard InChI is InChI=1S/C3H10O2Si.CH3F/c1-4-6(3)5-2;1-2/h6H,1-3H3;1H3. The van der Waals surface area contributed by atoms with Crippen molar-refractivity contribution in [3.8, 4) is 0 Å². The molecule has 4 heteroatoms. The van der Waals surface area contributed by atoms with Crippen LogP contribution in [-0.4, -0.2) is 30.7 Å². The predicted octanol–water partition coefficient (Wildman–Crippen LogP) is 0.715. The molecule has 0 aromatic carbocycles. The van der Waals surface area contributed by atoms with E-state index >= 15 is 0 Å². The summed E-state index contributed by atoms with van der Waals surface area (Å²) in [4.78, 5) is 0. The Bertz CT molecular complexity index is 33.2. The van der Waals surface area contributed by atoms with E-state index in [9.17, 15) is 4.39 Å². The summed E-state index contributed by atoms with van der Waals surface area (Å²) in [6, 6.07) is 0. The van der Waals surface area contributed by atoms with Gasteiger partial charge in [-0.2, -0.15) is 0 Å². The summed E-state index contributed by atoms with van der Waals surface area (Å²) >= 11 is 0. The second-order valence-corrected chi connectivity index (χ2v) is 3.12. The van der Waals surface area contributed by atoms with Crippen molar-refractivity contribution >= 4 is 9.28 Å². The summed E-state index contributed by atoms with van der Waals surface area (Å²) in [5.41, 5.74) is 0. The van der Waals surface area contributed by atoms with Gasteiger partial charge < -0.3 is 8.85 Å². The zero-order valence-electron chi connectivity index (χ0n) is 5.77. The Kier molecular flexibility index (Phi) is 13.9. The van der Waals surface area contributed by atoms with E-state index in [1.165, 1.54) is 0 Å². The van der Waals surface area contributed by atoms with E-state index < -0.39 is 9.28 Å². The molecular weight excluding hydrogens is 127 g/mol. The Hall–Kier alpha value is 0.0669. The van der Waals surface area contributed by atoms with E-state index in [2.05, 4.69) is 0 Å². The van der Waals surface area contributed by atoms with Crippen LogP contribution >= 0.6 is 0 Å². The minimum atomic E-state index is -1.16. The van der Waals surface area contributed by atoms with Crippen molar-refractivity contribution in [2.24, 2.45) is 0 Å². The lowest BCUT2D eigenvalue weighted by molar-refractivity contribution is 0.285. The molecule has 0 amide bonds. The minimum absolute atomic E-state index is 0.500. The van der Waals surface area contributed by atoms with Crippen molar-refractivity contribution < 1.29 is 13.2 Å². The Labute approximate surface area is 51.5 Å². The van der Waals surface area contributed by atoms with Crippen molar-refractivity contribution in [2.45, 2.75) is 6.55 Å². The highest BCUT2D eigenvalue weighted by Gasteiger charge is 1.94. The normalized spacial score (nSPS) is 8.25. The van der Waals surface area contributed by atoms with Crippen molar-refractivity contribution in [3.05, 3.63) is 0 Å². The maximum atomic E-state index is 9.50. The lowest BCUT2D eigenvalue weighted by Crippen LogP contribution is -2.12. The summed E-state index contributed by atoms with van der Waals surface area (Å²) in [5.74, 6) is 0. The fourth-order valence-electron chi connectivity index (χ4n) is 0.0962. The fourth-order valence-corrected chi connectivity index (χ4v) is 0.289. The number of alkyl halides is 1. The van der Waals surface area contributed by atoms with Crippen LogP contribution in [0.3, 0.4) is 0 Å². The summed E-state index contributed by atoms with van der Waals surface area (Å²) in [7, 11) is 2.67. The molecule has 0 rings (SSSR count). The molecule has 0 spiro atoms. The Morgan fingerprint density at radius 3 is 1.38 bits per heavy atom. The minimum Gasteiger partial charge on any atom is -0.400 e. The third-order valence-corrected chi connectivity index (χ3v) is 1.99. The molecule has 0 aromatic heterocycles. The molecule has 0 aliphatic rings. The summed E-state index contributed by atoms with van der Waals surface area (Å²) in [6.07, 6.45) is 0. The maximum absolute atomic E-state index is 9.50. The van der Waals surface area contributed by atoms with E-state index in [1.54, 1.807) is 14.2 Å². The molecule has 0 fully saturated rings. The van der Waals surface area contributed by atoms with Gasteiger partial charge in [-0.05, 0) is 6.55 Å². The van der Waals surface area contributed by atoms with Crippen molar-refractivity contribution in [2.75, 3.05) is 21.4 Å². The summed E-state index contributed by atoms with van der Waals surface area (Å²) < 4.78 is 19.1. The number of halogens is 1. The second kappa shape index (κ2) is 10.1. The highest BCUT2D eigenvalue weighted by Crippen LogP contribution is 1.77. The van der Waals surface area contributed by atoms with Gasteiger partial charge in [-0.3, -0.25) is 4.39 Å². The van der Waals surface area contributed by atoms with Crippen LogP contribution < -0.4 is 0 Å². The Morgan fingerprint density at radius 2 is 1.38 bits per heavy atom. The SMILES string of the molecule is CF.CO[SiH](C)OC. The first-order valence-corrected chi connectivity index (χ1v) is 4.34. The van der Waals surface area contributed by atoms with Crippen molar-refractivity contribution in [3.63, 3.8) is 0 Å². The van der Waals surface area contributed by atoms with Crippen LogP contribution in [0.15, 0.2) is 0 Å². The number of hydrogen-bond donors (Lipinski definition) is 0. The molecule has 0 bridgehead atoms. The average molecular weight is 140 g/mol. The first-order chi connectivity index (χ1) is 3.81. The van der Waals surface area contributed by atoms with E-state index in [1.807, 2.05) is 6.55 Å². The first kappa shape index (κ1) is 10.9. The largest absolute Gasteiger partial charge is 0.400 e. The van der Waals surface area contributed by atoms with Crippen LogP contribution in [0, 0.1) is 0 Å². The molecule has 0 radical (unpaired) electrons. The van der Waals surface area contributed by atoms with Gasteiger partial charge in [-0.25, -0.2) is 0 Å². The maximum Gasteiger partial charge on any atom is 0.317 e. The fraction of sp³-hybridized carbons (Fsp3) is 1.00. The molecule has 0 saturated heterocycles. The smallest absolute Gasteiger partial charge is 0.317 e. The molecule has 0 aliphatic carbocycles. The highest BCUT2D eigenvalue weighted by molar-refractivity contribution is 6.42. The summed E-state index contributed by atoms with van der Waals surface area (Å²) in [6.45, 7) is 1.97. The molecule has 0 saturated carbocycles. The van der Waals surface area contributed by atoms with E-state index in [0.29, 0.717) is 7.18 Å². The van der Waals surface area contributed by atoms with Gasteiger partial charge in [0.25, 0.3) is 0 Å². The molecule has 0 atom stereocenters. The van der Waals surface area contributed by atoms with E-state index in [0.717, 1.165) is 0 Å². The second-order valence-electron chi connectivity index (χ2n) is 1.04. The highest BCUT2D eigenvalue weighted by atomic mass is 28.3. The monoisotopic (exact) mass is 140 g/mol. The summed E-state index contributed by atoms with van der Waals surface area (Å²) in [5, 5.41) is 0. The van der Waals surface area contributed by atoms with E-state index in [-0.39, 0.29) is 0 Å². The molecule has 2 nitrogen and oxygen atoms in total. The van der Waals surface area contributed by atoms with Crippen molar-refractivity contribution in [1.82, 2.24) is 0 Å². The van der Waals surface area contributed by atoms with Gasteiger partial charge in [0, 0.05) is 14.2 Å². The van der Waals surface area contributed by atoms with Crippen LogP contribution in [-0.2, 0) is 8.85 Å². The molecule has 52 valence electrons. The predicted molar refractivity (Wildman–Crippen MR) is 34.1 cm³/mol. The molecule has 8 heavy (non-hydrogen) atoms. The number of rotatable bonds is 2. The molecule has 0 heterocycles. The zero-order valence-corrected chi connectivity index (χ0v) is 6.93. The van der Waals surface area contributed by atoms with Gasteiger partial charge in [-0.15, -0.1) is 0 Å². The molecule has 0 unspecified atom stereocenters.